The molecule has 3 heteroatoms. The van der Waals surface area contributed by atoms with Gasteiger partial charge in [-0.1, -0.05) is 6.92 Å². The summed E-state index contributed by atoms with van der Waals surface area (Å²) in [6.07, 6.45) is 2.13. The van der Waals surface area contributed by atoms with Crippen LogP contribution in [-0.2, 0) is 37.5 Å². The van der Waals surface area contributed by atoms with E-state index in [4.69, 9.17) is 0 Å². The van der Waals surface area contributed by atoms with Crippen LogP contribution < -0.4 is 0 Å². The van der Waals surface area contributed by atoms with E-state index in [1.165, 1.54) is 11.8 Å². The Kier molecular flexibility index (Phi) is 5.26. The first-order valence-corrected chi connectivity index (χ1v) is 4.15. The fraction of sp³-hybridized carbons (Fsp3) is 0.714. The largest absolute Gasteiger partial charge is 0.322 e. The molecule has 1 fully saturated rings. The van der Waals surface area contributed by atoms with Crippen molar-refractivity contribution in [2.45, 2.75) is 31.9 Å². The van der Waals surface area contributed by atoms with Crippen LogP contribution in [0.4, 0.5) is 0 Å². The third-order valence-corrected chi connectivity index (χ3v) is 3.01. The summed E-state index contributed by atoms with van der Waals surface area (Å²) >= 11 is 1.50. The molecule has 0 aromatic rings. The van der Waals surface area contributed by atoms with Gasteiger partial charge in [0.1, 0.15) is 0 Å². The zero-order chi connectivity index (χ0) is 6.85. The van der Waals surface area contributed by atoms with Crippen LogP contribution >= 0.6 is 11.8 Å². The van der Waals surface area contributed by atoms with E-state index in [1.807, 2.05) is 6.92 Å². The summed E-state index contributed by atoms with van der Waals surface area (Å²) < 4.78 is 0. The minimum absolute atomic E-state index is 0. The van der Waals surface area contributed by atoms with E-state index in [9.17, 15) is 4.79 Å². The third kappa shape index (κ3) is 2.56. The Morgan fingerprint density at radius 3 is 2.60 bits per heavy atom. The zero-order valence-electron chi connectivity index (χ0n) is 6.39. The van der Waals surface area contributed by atoms with Crippen LogP contribution in [0.3, 0.4) is 0 Å². The second kappa shape index (κ2) is 4.79. The average molecular weight is 232 g/mol. The molecule has 1 aliphatic heterocycles. The molecule has 0 amide bonds. The molecular weight excluding hydrogens is 221 g/mol. The van der Waals surface area contributed by atoms with Gasteiger partial charge in [0, 0.05) is 32.7 Å². The Labute approximate surface area is 91.6 Å². The minimum Gasteiger partial charge on any atom is -0.322 e. The van der Waals surface area contributed by atoms with E-state index in [1.54, 1.807) is 0 Å². The third-order valence-electron chi connectivity index (χ3n) is 1.61. The summed E-state index contributed by atoms with van der Waals surface area (Å²) in [4.78, 5) is 10.9. The number of thioether (sulfide) groups is 1. The van der Waals surface area contributed by atoms with Crippen molar-refractivity contribution in [1.82, 2.24) is 0 Å². The van der Waals surface area contributed by atoms with Crippen LogP contribution in [0.1, 0.15) is 26.7 Å². The summed E-state index contributed by atoms with van der Waals surface area (Å²) in [5.74, 6) is 1.05. The second-order valence-electron chi connectivity index (χ2n) is 2.42. The first-order chi connectivity index (χ1) is 4.24. The Morgan fingerprint density at radius 2 is 2.40 bits per heavy atom. The molecule has 1 aliphatic rings. The quantitative estimate of drug-likeness (QED) is 0.643. The molecule has 1 saturated heterocycles. The van der Waals surface area contributed by atoms with Gasteiger partial charge in [-0.05, 0) is 11.7 Å². The molecule has 0 bridgehead atoms. The summed E-state index contributed by atoms with van der Waals surface area (Å²) in [5.41, 5.74) is 0. The van der Waals surface area contributed by atoms with Gasteiger partial charge < -0.3 is 10.7 Å². The molecule has 0 aromatic heterocycles. The summed E-state index contributed by atoms with van der Waals surface area (Å²) in [6, 6.07) is 0. The van der Waals surface area contributed by atoms with Gasteiger partial charge in [0.25, 0.3) is 0 Å². The van der Waals surface area contributed by atoms with E-state index in [2.05, 4.69) is 6.92 Å². The molecule has 0 N–H and O–H groups in total. The molecule has 0 spiro atoms. The fourth-order valence-corrected chi connectivity index (χ4v) is 2.03. The molecule has 0 saturated carbocycles. The maximum atomic E-state index is 10.9. The fourth-order valence-electron chi connectivity index (χ4n) is 0.946. The van der Waals surface area contributed by atoms with E-state index >= 15 is 0 Å². The van der Waals surface area contributed by atoms with Gasteiger partial charge in [-0.25, -0.2) is 0 Å². The van der Waals surface area contributed by atoms with Crippen molar-refractivity contribution in [1.29, 1.82) is 0 Å². The van der Waals surface area contributed by atoms with E-state index in [-0.39, 0.29) is 32.7 Å². The van der Waals surface area contributed by atoms with Crippen LogP contribution in [0.5, 0.6) is 0 Å². The van der Waals surface area contributed by atoms with Crippen molar-refractivity contribution < 1.29 is 37.5 Å². The molecule has 0 aliphatic carbocycles. The van der Waals surface area contributed by atoms with E-state index in [0.717, 1.165) is 18.8 Å². The smallest absolute Gasteiger partial charge is 0.0571 e. The Morgan fingerprint density at radius 1 is 1.80 bits per heavy atom. The van der Waals surface area contributed by atoms with Crippen LogP contribution in [0, 0.1) is 5.92 Å². The molecule has 1 heterocycles. The van der Waals surface area contributed by atoms with Gasteiger partial charge in [-0.3, -0.25) is 0 Å². The molecule has 55 valence electrons. The first-order valence-electron chi connectivity index (χ1n) is 3.27. The van der Waals surface area contributed by atoms with Gasteiger partial charge in [0.15, 0.2) is 0 Å². The summed E-state index contributed by atoms with van der Waals surface area (Å²) in [5, 5.41) is 0.888. The van der Waals surface area contributed by atoms with Crippen molar-refractivity contribution in [3.63, 3.8) is 0 Å². The molecule has 1 atom stereocenters. The zero-order valence-corrected chi connectivity index (χ0v) is 10.0. The molecule has 1 unspecified atom stereocenters. The maximum absolute atomic E-state index is 10.9. The van der Waals surface area contributed by atoms with Gasteiger partial charge in [0.05, 0.1) is 5.12 Å². The number of hydrogen-bond donors (Lipinski definition) is 0. The molecule has 1 radical (unpaired) electrons. The number of carbonyl (C=O) groups excluding carboxylic acids is 1. The number of hydrogen-bond acceptors (Lipinski definition) is 2. The van der Waals surface area contributed by atoms with Gasteiger partial charge in [0.2, 0.25) is 0 Å². The molecular formula is C7H11OSY-. The second-order valence-corrected chi connectivity index (χ2v) is 3.69. The Hall–Kier alpha value is 0.994. The summed E-state index contributed by atoms with van der Waals surface area (Å²) in [6.45, 7) is 4.06. The number of rotatable bonds is 1. The topological polar surface area (TPSA) is 17.1 Å². The van der Waals surface area contributed by atoms with Crippen molar-refractivity contribution >= 4 is 16.9 Å². The van der Waals surface area contributed by atoms with Crippen LogP contribution in [0.25, 0.3) is 0 Å². The predicted octanol–water partition coefficient (Wildman–Crippen LogP) is 2.02. The molecule has 0 aromatic carbocycles. The molecule has 1 rings (SSSR count). The van der Waals surface area contributed by atoms with Crippen molar-refractivity contribution in [2.75, 3.05) is 0 Å². The van der Waals surface area contributed by atoms with E-state index in [0.29, 0.717) is 10.4 Å². The summed E-state index contributed by atoms with van der Waals surface area (Å²) in [7, 11) is 0. The van der Waals surface area contributed by atoms with Gasteiger partial charge in [-0.15, -0.1) is 18.2 Å². The Balaban J connectivity index is 0.000000810. The van der Waals surface area contributed by atoms with Crippen LogP contribution in [0.2, 0.25) is 0 Å². The monoisotopic (exact) mass is 232 g/mol. The van der Waals surface area contributed by atoms with Gasteiger partial charge >= 0.3 is 0 Å². The standard InChI is InChI=1S/C7H11OS.Y/c1-3-6-4-5(2)7(8)9-6;/h6H,3-4H2,1-2H3;/q-1;. The predicted molar refractivity (Wildman–Crippen MR) is 40.2 cm³/mol. The van der Waals surface area contributed by atoms with E-state index < -0.39 is 0 Å². The normalized spacial score (nSPS) is 24.8. The van der Waals surface area contributed by atoms with Gasteiger partial charge in [-0.2, -0.15) is 6.92 Å². The SMILES string of the molecule is CCC1C[C-](C)C(=O)S1.[Y]. The molecule has 10 heavy (non-hydrogen) atoms. The minimum atomic E-state index is 0. The molecule has 1 nitrogen and oxygen atoms in total. The van der Waals surface area contributed by atoms with Crippen molar-refractivity contribution in [3.8, 4) is 0 Å². The first kappa shape index (κ1) is 11.0. The van der Waals surface area contributed by atoms with Crippen molar-refractivity contribution in [2.24, 2.45) is 0 Å². The van der Waals surface area contributed by atoms with Crippen LogP contribution in [-0.4, -0.2) is 10.4 Å². The van der Waals surface area contributed by atoms with Crippen molar-refractivity contribution in [3.05, 3.63) is 5.92 Å². The van der Waals surface area contributed by atoms with Crippen LogP contribution in [0.15, 0.2) is 0 Å². The number of carbonyl (C=O) groups is 1. The Bertz CT molecular complexity index is 127. The average Bonchev–Trinajstić information content (AvgIpc) is 2.13. The maximum Gasteiger partial charge on any atom is 0.0571 e.